The van der Waals surface area contributed by atoms with Gasteiger partial charge in [-0.15, -0.1) is 0 Å². The van der Waals surface area contributed by atoms with Crippen molar-refractivity contribution in [1.29, 1.82) is 0 Å². The van der Waals surface area contributed by atoms with E-state index in [1.54, 1.807) is 6.07 Å². The van der Waals surface area contributed by atoms with Crippen molar-refractivity contribution >= 4 is 34.1 Å². The van der Waals surface area contributed by atoms with Gasteiger partial charge in [0.15, 0.2) is 5.22 Å². The van der Waals surface area contributed by atoms with Crippen molar-refractivity contribution in [2.45, 2.75) is 0 Å². The molecule has 0 unspecified atom stereocenters. The number of furan rings is 1. The van der Waals surface area contributed by atoms with E-state index in [1.807, 2.05) is 0 Å². The average Bonchev–Trinajstić information content (AvgIpc) is 2.75. The van der Waals surface area contributed by atoms with Crippen LogP contribution in [0.15, 0.2) is 44.3 Å². The van der Waals surface area contributed by atoms with Crippen LogP contribution in [0.1, 0.15) is 0 Å². The third kappa shape index (κ3) is 1.97. The first-order valence-corrected chi connectivity index (χ1v) is 6.02. The zero-order valence-electron chi connectivity index (χ0n) is 9.31. The van der Waals surface area contributed by atoms with E-state index < -0.39 is 11.2 Å². The lowest BCUT2D eigenvalue weighted by atomic mass is 10.2. The summed E-state index contributed by atoms with van der Waals surface area (Å²) < 4.78 is 5.96. The molecule has 0 atom stereocenters. The van der Waals surface area contributed by atoms with Gasteiger partial charge in [0.2, 0.25) is 5.88 Å². The predicted octanol–water partition coefficient (Wildman–Crippen LogP) is 2.58. The van der Waals surface area contributed by atoms with Gasteiger partial charge in [-0.05, 0) is 35.9 Å². The Labute approximate surface area is 116 Å². The lowest BCUT2D eigenvalue weighted by molar-refractivity contribution is 0.530. The Balaban J connectivity index is 2.41. The van der Waals surface area contributed by atoms with Crippen LogP contribution in [0.2, 0.25) is 10.2 Å². The molecule has 1 N–H and O–H groups in total. The monoisotopic (exact) mass is 296 g/mol. The normalized spacial score (nSPS) is 11.1. The van der Waals surface area contributed by atoms with Crippen molar-refractivity contribution in [1.82, 2.24) is 9.55 Å². The fourth-order valence-electron chi connectivity index (χ4n) is 1.82. The quantitative estimate of drug-likeness (QED) is 0.750. The van der Waals surface area contributed by atoms with Crippen molar-refractivity contribution in [2.24, 2.45) is 0 Å². The van der Waals surface area contributed by atoms with E-state index in [0.717, 1.165) is 4.57 Å². The second kappa shape index (κ2) is 4.29. The Morgan fingerprint density at radius 1 is 1.11 bits per heavy atom. The summed E-state index contributed by atoms with van der Waals surface area (Å²) in [6.07, 6.45) is 0. The largest absolute Gasteiger partial charge is 0.428 e. The van der Waals surface area contributed by atoms with E-state index >= 15 is 0 Å². The van der Waals surface area contributed by atoms with Crippen LogP contribution >= 0.6 is 23.2 Å². The number of nitrogens with zero attached hydrogens (tertiary/aromatic N) is 1. The Morgan fingerprint density at radius 3 is 2.58 bits per heavy atom. The first-order chi connectivity index (χ1) is 9.06. The number of halogens is 2. The van der Waals surface area contributed by atoms with Crippen LogP contribution in [0, 0.1) is 0 Å². The first kappa shape index (κ1) is 12.1. The Bertz CT molecular complexity index is 892. The summed E-state index contributed by atoms with van der Waals surface area (Å²) in [6, 6.07) is 7.52. The second-order valence-corrected chi connectivity index (χ2v) is 4.65. The zero-order chi connectivity index (χ0) is 13.6. The molecule has 0 aliphatic rings. The standard InChI is InChI=1S/C12H6Cl2N2O3/c13-6-1-2-7-8(5-6)15-12(18)16(11(7)17)10-4-3-9(14)19-10/h1-5H,(H,15,18). The van der Waals surface area contributed by atoms with E-state index in [0.29, 0.717) is 15.9 Å². The highest BCUT2D eigenvalue weighted by Gasteiger charge is 2.12. The predicted molar refractivity (Wildman–Crippen MR) is 72.5 cm³/mol. The Kier molecular flexibility index (Phi) is 2.73. The third-order valence-electron chi connectivity index (χ3n) is 2.64. The summed E-state index contributed by atoms with van der Waals surface area (Å²) in [4.78, 5) is 26.8. The number of aromatic amines is 1. The molecule has 0 fully saturated rings. The molecule has 0 saturated heterocycles. The van der Waals surface area contributed by atoms with Crippen LogP contribution in [-0.2, 0) is 0 Å². The number of fused-ring (bicyclic) bond motifs is 1. The van der Waals surface area contributed by atoms with Gasteiger partial charge in [0.1, 0.15) is 0 Å². The topological polar surface area (TPSA) is 68.0 Å². The molecule has 5 nitrogen and oxygen atoms in total. The summed E-state index contributed by atoms with van der Waals surface area (Å²) >= 11 is 11.5. The lowest BCUT2D eigenvalue weighted by Crippen LogP contribution is -2.33. The second-order valence-electron chi connectivity index (χ2n) is 3.84. The number of hydrogen-bond acceptors (Lipinski definition) is 3. The smallest absolute Gasteiger partial charge is 0.335 e. The molecular weight excluding hydrogens is 291 g/mol. The fraction of sp³-hybridized carbons (Fsp3) is 0. The van der Waals surface area contributed by atoms with Crippen LogP contribution < -0.4 is 11.2 Å². The van der Waals surface area contributed by atoms with Crippen LogP contribution in [0.3, 0.4) is 0 Å². The minimum absolute atomic E-state index is 0.0631. The van der Waals surface area contributed by atoms with E-state index in [2.05, 4.69) is 4.98 Å². The Morgan fingerprint density at radius 2 is 1.89 bits per heavy atom. The van der Waals surface area contributed by atoms with Gasteiger partial charge in [-0.25, -0.2) is 4.79 Å². The maximum absolute atomic E-state index is 12.3. The molecular formula is C12H6Cl2N2O3. The lowest BCUT2D eigenvalue weighted by Gasteiger charge is -2.03. The van der Waals surface area contributed by atoms with Gasteiger partial charge >= 0.3 is 5.69 Å². The number of rotatable bonds is 1. The van der Waals surface area contributed by atoms with E-state index in [9.17, 15) is 9.59 Å². The van der Waals surface area contributed by atoms with E-state index in [-0.39, 0.29) is 11.1 Å². The molecule has 7 heteroatoms. The van der Waals surface area contributed by atoms with E-state index in [1.165, 1.54) is 24.3 Å². The highest BCUT2D eigenvalue weighted by molar-refractivity contribution is 6.31. The average molecular weight is 297 g/mol. The molecule has 19 heavy (non-hydrogen) atoms. The maximum Gasteiger partial charge on any atom is 0.335 e. The van der Waals surface area contributed by atoms with Gasteiger partial charge in [0, 0.05) is 11.1 Å². The molecule has 0 radical (unpaired) electrons. The summed E-state index contributed by atoms with van der Waals surface area (Å²) in [6.45, 7) is 0. The summed E-state index contributed by atoms with van der Waals surface area (Å²) in [5.74, 6) is 0.0631. The van der Waals surface area contributed by atoms with Gasteiger partial charge in [0.05, 0.1) is 10.9 Å². The van der Waals surface area contributed by atoms with Crippen molar-refractivity contribution in [3.8, 4) is 5.88 Å². The summed E-state index contributed by atoms with van der Waals surface area (Å²) in [5.41, 5.74) is -0.747. The highest BCUT2D eigenvalue weighted by Crippen LogP contribution is 2.17. The molecule has 3 aromatic rings. The number of hydrogen-bond donors (Lipinski definition) is 1. The molecule has 2 heterocycles. The highest BCUT2D eigenvalue weighted by atomic mass is 35.5. The number of aromatic nitrogens is 2. The minimum Gasteiger partial charge on any atom is -0.428 e. The molecule has 0 spiro atoms. The minimum atomic E-state index is -0.620. The fourth-order valence-corrected chi connectivity index (χ4v) is 2.13. The first-order valence-electron chi connectivity index (χ1n) is 5.26. The molecule has 0 saturated carbocycles. The van der Waals surface area contributed by atoms with Gasteiger partial charge in [-0.3, -0.25) is 4.79 Å². The van der Waals surface area contributed by atoms with Crippen molar-refractivity contribution in [2.75, 3.05) is 0 Å². The number of nitrogens with one attached hydrogen (secondary N) is 1. The van der Waals surface area contributed by atoms with Crippen LogP contribution in [-0.4, -0.2) is 9.55 Å². The number of benzene rings is 1. The Hall–Kier alpha value is -1.98. The molecule has 1 aromatic carbocycles. The summed E-state index contributed by atoms with van der Waals surface area (Å²) in [5, 5.41) is 0.857. The SMILES string of the molecule is O=c1[nH]c2cc(Cl)ccc2c(=O)n1-c1ccc(Cl)o1. The van der Waals surface area contributed by atoms with Gasteiger partial charge in [-0.1, -0.05) is 11.6 Å². The molecule has 0 aliphatic heterocycles. The van der Waals surface area contributed by atoms with Gasteiger partial charge in [-0.2, -0.15) is 4.57 Å². The summed E-state index contributed by atoms with van der Waals surface area (Å²) in [7, 11) is 0. The van der Waals surface area contributed by atoms with Crippen LogP contribution in [0.5, 0.6) is 0 Å². The van der Waals surface area contributed by atoms with Gasteiger partial charge < -0.3 is 9.40 Å². The third-order valence-corrected chi connectivity index (χ3v) is 3.08. The maximum atomic E-state index is 12.3. The molecule has 0 bridgehead atoms. The molecule has 3 rings (SSSR count). The van der Waals surface area contributed by atoms with Crippen LogP contribution in [0.4, 0.5) is 0 Å². The molecule has 0 amide bonds. The van der Waals surface area contributed by atoms with Crippen molar-refractivity contribution < 1.29 is 4.42 Å². The molecule has 96 valence electrons. The van der Waals surface area contributed by atoms with Gasteiger partial charge in [0.25, 0.3) is 5.56 Å². The van der Waals surface area contributed by atoms with Crippen LogP contribution in [0.25, 0.3) is 16.8 Å². The zero-order valence-corrected chi connectivity index (χ0v) is 10.8. The number of H-pyrrole nitrogens is 1. The van der Waals surface area contributed by atoms with Crippen molar-refractivity contribution in [3.63, 3.8) is 0 Å². The van der Waals surface area contributed by atoms with E-state index in [4.69, 9.17) is 27.6 Å². The molecule has 0 aliphatic carbocycles. The van der Waals surface area contributed by atoms with Crippen molar-refractivity contribution in [3.05, 3.63) is 61.4 Å². The molecule has 2 aromatic heterocycles.